The van der Waals surface area contributed by atoms with Crippen LogP contribution in [0.3, 0.4) is 0 Å². The number of rotatable bonds is 8. The Morgan fingerprint density at radius 3 is 2.62 bits per heavy atom. The summed E-state index contributed by atoms with van der Waals surface area (Å²) in [6, 6.07) is 4.70. The number of hydrogen-bond acceptors (Lipinski definition) is 6. The Bertz CT molecular complexity index is 535. The van der Waals surface area contributed by atoms with Gasteiger partial charge in [-0.2, -0.15) is 0 Å². The first-order valence-corrected chi connectivity index (χ1v) is 7.67. The average molecular weight is 337 g/mol. The fourth-order valence-corrected chi connectivity index (χ4v) is 1.77. The van der Waals surface area contributed by atoms with Gasteiger partial charge in [-0.05, 0) is 38.6 Å². The molecule has 0 aliphatic rings. The molecule has 1 rings (SSSR count). The van der Waals surface area contributed by atoms with E-state index in [0.29, 0.717) is 42.8 Å². The van der Waals surface area contributed by atoms with Gasteiger partial charge in [-0.1, -0.05) is 6.08 Å². The molecule has 134 valence electrons. The summed E-state index contributed by atoms with van der Waals surface area (Å²) in [5, 5.41) is 8.69. The number of hydroxylamine groups is 1. The van der Waals surface area contributed by atoms with E-state index in [4.69, 9.17) is 15.7 Å². The molecule has 0 bridgehead atoms. The van der Waals surface area contributed by atoms with Crippen molar-refractivity contribution in [1.82, 2.24) is 5.48 Å². The van der Waals surface area contributed by atoms with E-state index in [1.54, 1.807) is 23.7 Å². The third-order valence-electron chi connectivity index (χ3n) is 3.09. The molecule has 0 saturated carbocycles. The lowest BCUT2D eigenvalue weighted by Gasteiger charge is -2.23. The van der Waals surface area contributed by atoms with Gasteiger partial charge in [0, 0.05) is 25.6 Å². The third kappa shape index (κ3) is 6.80. The minimum Gasteiger partial charge on any atom is -0.481 e. The Hall–Kier alpha value is -2.38. The number of carbonyl (C=O) groups excluding carboxylic acids is 2. The van der Waals surface area contributed by atoms with E-state index in [2.05, 4.69) is 6.58 Å². The zero-order chi connectivity index (χ0) is 18.5. The van der Waals surface area contributed by atoms with E-state index in [1.165, 1.54) is 6.07 Å². The predicted molar refractivity (Wildman–Crippen MR) is 94.7 cm³/mol. The molecular formula is C17H27N3O4. The number of nitrogens with zero attached hydrogens (tertiary/aromatic N) is 1. The van der Waals surface area contributed by atoms with E-state index >= 15 is 0 Å². The van der Waals surface area contributed by atoms with Gasteiger partial charge in [-0.3, -0.25) is 14.8 Å². The van der Waals surface area contributed by atoms with Gasteiger partial charge in [0.2, 0.25) is 0 Å². The second-order valence-corrected chi connectivity index (χ2v) is 4.92. The van der Waals surface area contributed by atoms with Crippen molar-refractivity contribution in [2.45, 2.75) is 26.4 Å². The molecule has 4 N–H and O–H groups in total. The molecule has 1 amide bonds. The number of hydrogen-bond donors (Lipinski definition) is 3. The van der Waals surface area contributed by atoms with Gasteiger partial charge >= 0.3 is 0 Å². The monoisotopic (exact) mass is 337 g/mol. The largest absolute Gasteiger partial charge is 0.481 e. The molecule has 7 heteroatoms. The third-order valence-corrected chi connectivity index (χ3v) is 3.09. The van der Waals surface area contributed by atoms with Crippen molar-refractivity contribution >= 4 is 17.9 Å². The first kappa shape index (κ1) is 21.6. The molecule has 1 aromatic carbocycles. The minimum absolute atomic E-state index is 0.293. The maximum Gasteiger partial charge on any atom is 0.274 e. The van der Waals surface area contributed by atoms with Crippen molar-refractivity contribution < 1.29 is 19.5 Å². The predicted octanol–water partition coefficient (Wildman–Crippen LogP) is 1.75. The molecule has 0 aliphatic carbocycles. The molecule has 1 atom stereocenters. The molecule has 1 unspecified atom stereocenters. The molecule has 0 aliphatic heterocycles. The second-order valence-electron chi connectivity index (χ2n) is 4.92. The SMILES string of the molecule is C=CC.CCN(C)c1cc(C(=O)NO)ccc1OC(C=O)CCN. The maximum atomic E-state index is 11.5. The molecule has 1 aromatic rings. The number of nitrogens with one attached hydrogen (secondary N) is 1. The van der Waals surface area contributed by atoms with Crippen LogP contribution >= 0.6 is 0 Å². The van der Waals surface area contributed by atoms with E-state index in [1.807, 2.05) is 25.8 Å². The van der Waals surface area contributed by atoms with Crippen LogP contribution < -0.4 is 20.9 Å². The highest BCUT2D eigenvalue weighted by atomic mass is 16.5. The summed E-state index contributed by atoms with van der Waals surface area (Å²) in [5.41, 5.74) is 7.97. The maximum absolute atomic E-state index is 11.5. The highest BCUT2D eigenvalue weighted by Crippen LogP contribution is 2.30. The normalized spacial score (nSPS) is 10.7. The van der Waals surface area contributed by atoms with Crippen molar-refractivity contribution in [2.75, 3.05) is 25.0 Å². The number of allylic oxidation sites excluding steroid dienone is 1. The highest BCUT2D eigenvalue weighted by molar-refractivity contribution is 5.94. The zero-order valence-corrected chi connectivity index (χ0v) is 14.5. The molecule has 0 saturated heterocycles. The van der Waals surface area contributed by atoms with Crippen LogP contribution in [0.1, 0.15) is 30.6 Å². The van der Waals surface area contributed by atoms with Crippen LogP contribution in [-0.2, 0) is 4.79 Å². The number of anilines is 1. The van der Waals surface area contributed by atoms with Gasteiger partial charge in [0.15, 0.2) is 12.4 Å². The summed E-state index contributed by atoms with van der Waals surface area (Å²) < 4.78 is 5.64. The van der Waals surface area contributed by atoms with Crippen LogP contribution in [-0.4, -0.2) is 43.6 Å². The summed E-state index contributed by atoms with van der Waals surface area (Å²) >= 11 is 0. The van der Waals surface area contributed by atoms with Gasteiger partial charge in [-0.15, -0.1) is 6.58 Å². The number of nitrogens with two attached hydrogens (primary N) is 1. The Morgan fingerprint density at radius 2 is 2.17 bits per heavy atom. The molecule has 0 heterocycles. The van der Waals surface area contributed by atoms with Crippen molar-refractivity contribution in [3.63, 3.8) is 0 Å². The minimum atomic E-state index is -0.628. The van der Waals surface area contributed by atoms with E-state index in [9.17, 15) is 9.59 Å². The van der Waals surface area contributed by atoms with Gasteiger partial charge in [-0.25, -0.2) is 5.48 Å². The first-order valence-electron chi connectivity index (χ1n) is 7.67. The lowest BCUT2D eigenvalue weighted by Crippen LogP contribution is -2.25. The standard InChI is InChI=1S/C14H21N3O4.C3H6/c1-3-17(2)12-8-10(14(19)16-20)4-5-13(12)21-11(9-18)6-7-15;1-3-2/h4-5,8-9,11,20H,3,6-7,15H2,1-2H3,(H,16,19);3H,1H2,2H3. The molecule has 0 radical (unpaired) electrons. The van der Waals surface area contributed by atoms with E-state index < -0.39 is 12.0 Å². The highest BCUT2D eigenvalue weighted by Gasteiger charge is 2.16. The topological polar surface area (TPSA) is 105 Å². The second kappa shape index (κ2) is 12.1. The van der Waals surface area contributed by atoms with Crippen LogP contribution in [0.2, 0.25) is 0 Å². The molecule has 7 nitrogen and oxygen atoms in total. The first-order chi connectivity index (χ1) is 11.5. The summed E-state index contributed by atoms with van der Waals surface area (Å²) in [6.45, 7) is 8.22. The smallest absolute Gasteiger partial charge is 0.274 e. The number of benzene rings is 1. The van der Waals surface area contributed by atoms with Crippen molar-refractivity contribution in [3.05, 3.63) is 36.4 Å². The fraction of sp³-hybridized carbons (Fsp3) is 0.412. The van der Waals surface area contributed by atoms with Crippen molar-refractivity contribution in [1.29, 1.82) is 0 Å². The molecule has 24 heavy (non-hydrogen) atoms. The van der Waals surface area contributed by atoms with E-state index in [0.717, 1.165) is 0 Å². The Labute approximate surface area is 143 Å². The number of carbonyl (C=O) groups is 2. The van der Waals surface area contributed by atoms with Crippen molar-refractivity contribution in [2.24, 2.45) is 5.73 Å². The van der Waals surface area contributed by atoms with Gasteiger partial charge in [0.25, 0.3) is 5.91 Å². The molecule has 0 spiro atoms. The summed E-state index contributed by atoms with van der Waals surface area (Å²) in [6.07, 6.45) is 2.24. The Morgan fingerprint density at radius 1 is 1.54 bits per heavy atom. The number of aldehydes is 1. The van der Waals surface area contributed by atoms with Gasteiger partial charge in [0.05, 0.1) is 5.69 Å². The molecule has 0 aromatic heterocycles. The average Bonchev–Trinajstić information content (AvgIpc) is 2.60. The van der Waals surface area contributed by atoms with Crippen LogP contribution in [0.25, 0.3) is 0 Å². The number of ether oxygens (including phenoxy) is 1. The van der Waals surface area contributed by atoms with Crippen LogP contribution in [0, 0.1) is 0 Å². The van der Waals surface area contributed by atoms with Crippen LogP contribution in [0.5, 0.6) is 5.75 Å². The van der Waals surface area contributed by atoms with E-state index in [-0.39, 0.29) is 0 Å². The van der Waals surface area contributed by atoms with Gasteiger partial charge < -0.3 is 15.4 Å². The zero-order valence-electron chi connectivity index (χ0n) is 14.5. The van der Waals surface area contributed by atoms with Crippen molar-refractivity contribution in [3.8, 4) is 5.75 Å². The number of amides is 1. The summed E-state index contributed by atoms with van der Waals surface area (Å²) in [7, 11) is 1.83. The van der Waals surface area contributed by atoms with Crippen LogP contribution in [0.4, 0.5) is 5.69 Å². The quantitative estimate of drug-likeness (QED) is 0.289. The fourth-order valence-electron chi connectivity index (χ4n) is 1.77. The molecule has 0 fully saturated rings. The molecular weight excluding hydrogens is 310 g/mol. The Balaban J connectivity index is 0.00000163. The van der Waals surface area contributed by atoms with Crippen LogP contribution in [0.15, 0.2) is 30.9 Å². The lowest BCUT2D eigenvalue weighted by atomic mass is 10.1. The lowest BCUT2D eigenvalue weighted by molar-refractivity contribution is -0.113. The van der Waals surface area contributed by atoms with Gasteiger partial charge in [0.1, 0.15) is 5.75 Å². The Kier molecular flexibility index (Phi) is 10.9. The summed E-state index contributed by atoms with van der Waals surface area (Å²) in [4.78, 5) is 24.3. The summed E-state index contributed by atoms with van der Waals surface area (Å²) in [5.74, 6) is -0.124.